The predicted molar refractivity (Wildman–Crippen MR) is 98.0 cm³/mol. The number of nitrogens with one attached hydrogen (secondary N) is 3. The van der Waals surface area contributed by atoms with Crippen LogP contribution >= 0.6 is 0 Å². The van der Waals surface area contributed by atoms with Crippen molar-refractivity contribution in [1.29, 1.82) is 0 Å². The monoisotopic (exact) mass is 371 g/mol. The van der Waals surface area contributed by atoms with E-state index in [1.54, 1.807) is 7.11 Å². The van der Waals surface area contributed by atoms with Crippen LogP contribution in [-0.4, -0.2) is 30.5 Å². The van der Waals surface area contributed by atoms with Crippen LogP contribution in [0.25, 0.3) is 0 Å². The molecular weight excluding hydrogens is 346 g/mol. The summed E-state index contributed by atoms with van der Waals surface area (Å²) in [5, 5.41) is 8.14. The molecule has 3 fully saturated rings. The highest BCUT2D eigenvalue weighted by Crippen LogP contribution is 2.42. The Balaban J connectivity index is 1.46. The Kier molecular flexibility index (Phi) is 4.53. The maximum Gasteiger partial charge on any atom is 0.322 e. The first-order chi connectivity index (χ1) is 13.0. The second-order valence-electron chi connectivity index (χ2n) is 7.90. The fourth-order valence-electron chi connectivity index (χ4n) is 4.65. The summed E-state index contributed by atoms with van der Waals surface area (Å²) in [6, 6.07) is 7.32. The highest BCUT2D eigenvalue weighted by Gasteiger charge is 2.57. The quantitative estimate of drug-likeness (QED) is 0.690. The average Bonchev–Trinajstić information content (AvgIpc) is 3.25. The van der Waals surface area contributed by atoms with Crippen LogP contribution in [-0.2, 0) is 9.59 Å². The van der Waals surface area contributed by atoms with Crippen molar-refractivity contribution in [2.75, 3.05) is 7.11 Å². The lowest BCUT2D eigenvalue weighted by atomic mass is 9.67. The highest BCUT2D eigenvalue weighted by atomic mass is 16.5. The molecule has 0 aromatic heterocycles. The smallest absolute Gasteiger partial charge is 0.322 e. The van der Waals surface area contributed by atoms with E-state index < -0.39 is 11.6 Å². The summed E-state index contributed by atoms with van der Waals surface area (Å²) in [5.41, 5.74) is 0.160. The van der Waals surface area contributed by atoms with E-state index in [0.29, 0.717) is 18.8 Å². The molecule has 2 saturated carbocycles. The summed E-state index contributed by atoms with van der Waals surface area (Å²) in [6.45, 7) is 0. The lowest BCUT2D eigenvalue weighted by Gasteiger charge is -2.42. The average molecular weight is 371 g/mol. The second-order valence-corrected chi connectivity index (χ2v) is 7.90. The zero-order valence-electron chi connectivity index (χ0n) is 15.4. The Morgan fingerprint density at radius 3 is 2.63 bits per heavy atom. The maximum atomic E-state index is 12.9. The van der Waals surface area contributed by atoms with Gasteiger partial charge in [0.1, 0.15) is 11.3 Å². The molecule has 27 heavy (non-hydrogen) atoms. The van der Waals surface area contributed by atoms with Crippen molar-refractivity contribution < 1.29 is 19.1 Å². The molecule has 1 unspecified atom stereocenters. The lowest BCUT2D eigenvalue weighted by molar-refractivity contribution is -0.137. The van der Waals surface area contributed by atoms with E-state index in [9.17, 15) is 14.4 Å². The van der Waals surface area contributed by atoms with Crippen molar-refractivity contribution in [2.45, 2.75) is 50.1 Å². The fraction of sp³-hybridized carbons (Fsp3) is 0.550. The molecule has 1 atom stereocenters. The van der Waals surface area contributed by atoms with Gasteiger partial charge in [0.25, 0.3) is 5.91 Å². The number of methoxy groups -OCH3 is 1. The largest absolute Gasteiger partial charge is 0.497 e. The lowest BCUT2D eigenvalue weighted by Crippen LogP contribution is -2.60. The van der Waals surface area contributed by atoms with Crippen LogP contribution in [0.15, 0.2) is 24.3 Å². The summed E-state index contributed by atoms with van der Waals surface area (Å²) in [6.07, 6.45) is 5.25. The topological polar surface area (TPSA) is 96.5 Å². The molecule has 2 aliphatic carbocycles. The summed E-state index contributed by atoms with van der Waals surface area (Å²) >= 11 is 0. The third kappa shape index (κ3) is 3.26. The van der Waals surface area contributed by atoms with Crippen LogP contribution in [0, 0.1) is 11.8 Å². The number of carbonyl (C=O) groups is 3. The molecule has 1 saturated heterocycles. The summed E-state index contributed by atoms with van der Waals surface area (Å²) in [5.74, 6) is 0.553. The molecular formula is C20H25N3O4. The molecule has 4 rings (SSSR count). The number of carbonyl (C=O) groups excluding carboxylic acids is 3. The van der Waals surface area contributed by atoms with Crippen LogP contribution in [0.5, 0.6) is 5.75 Å². The van der Waals surface area contributed by atoms with Gasteiger partial charge in [0.2, 0.25) is 5.91 Å². The zero-order chi connectivity index (χ0) is 19.0. The van der Waals surface area contributed by atoms with E-state index in [1.807, 2.05) is 24.3 Å². The molecule has 1 heterocycles. The first kappa shape index (κ1) is 17.8. The van der Waals surface area contributed by atoms with E-state index >= 15 is 0 Å². The van der Waals surface area contributed by atoms with Gasteiger partial charge >= 0.3 is 6.03 Å². The van der Waals surface area contributed by atoms with E-state index in [0.717, 1.165) is 24.2 Å². The third-order valence-electron chi connectivity index (χ3n) is 6.20. The number of hydrogen-bond donors (Lipinski definition) is 3. The van der Waals surface area contributed by atoms with Gasteiger partial charge in [-0.25, -0.2) is 4.79 Å². The Bertz CT molecular complexity index is 766. The van der Waals surface area contributed by atoms with Gasteiger partial charge in [-0.15, -0.1) is 0 Å². The molecule has 3 N–H and O–H groups in total. The number of imide groups is 1. The van der Waals surface area contributed by atoms with Crippen LogP contribution < -0.4 is 20.7 Å². The van der Waals surface area contributed by atoms with Crippen LogP contribution in [0.4, 0.5) is 4.79 Å². The minimum absolute atomic E-state index is 0.0470. The number of benzene rings is 1. The van der Waals surface area contributed by atoms with E-state index in [1.165, 1.54) is 12.8 Å². The van der Waals surface area contributed by atoms with Crippen molar-refractivity contribution in [3.63, 3.8) is 0 Å². The Morgan fingerprint density at radius 2 is 2.00 bits per heavy atom. The number of ether oxygens (including phenoxy) is 1. The van der Waals surface area contributed by atoms with Crippen LogP contribution in [0.3, 0.4) is 0 Å². The zero-order valence-corrected chi connectivity index (χ0v) is 15.4. The predicted octanol–water partition coefficient (Wildman–Crippen LogP) is 2.03. The highest BCUT2D eigenvalue weighted by molar-refractivity contribution is 6.08. The van der Waals surface area contributed by atoms with Gasteiger partial charge in [0.05, 0.1) is 13.2 Å². The molecule has 1 spiro atoms. The minimum atomic E-state index is -0.891. The molecule has 7 heteroatoms. The minimum Gasteiger partial charge on any atom is -0.497 e. The fourth-order valence-corrected chi connectivity index (χ4v) is 4.65. The maximum absolute atomic E-state index is 12.9. The normalized spacial score (nSPS) is 28.4. The summed E-state index contributed by atoms with van der Waals surface area (Å²) in [4.78, 5) is 36.2. The molecule has 1 aliphatic heterocycles. The van der Waals surface area contributed by atoms with Gasteiger partial charge in [-0.3, -0.25) is 14.9 Å². The van der Waals surface area contributed by atoms with E-state index in [2.05, 4.69) is 16.0 Å². The Labute approximate surface area is 158 Å². The molecule has 1 aromatic carbocycles. The van der Waals surface area contributed by atoms with Gasteiger partial charge in [-0.2, -0.15) is 0 Å². The number of hydrogen-bond acceptors (Lipinski definition) is 4. The molecule has 144 valence electrons. The molecule has 7 nitrogen and oxygen atoms in total. The third-order valence-corrected chi connectivity index (χ3v) is 6.20. The van der Waals surface area contributed by atoms with E-state index in [-0.39, 0.29) is 23.8 Å². The first-order valence-corrected chi connectivity index (χ1v) is 9.59. The SMILES string of the molecule is COc1cccc(C(NC(=O)C2CC3(C2)NC(=O)NC3=O)C2CCCC2)c1. The first-order valence-electron chi connectivity index (χ1n) is 9.59. The van der Waals surface area contributed by atoms with Crippen LogP contribution in [0.2, 0.25) is 0 Å². The molecule has 1 aromatic rings. The van der Waals surface area contributed by atoms with Gasteiger partial charge in [-0.1, -0.05) is 25.0 Å². The van der Waals surface area contributed by atoms with Crippen molar-refractivity contribution in [2.24, 2.45) is 11.8 Å². The van der Waals surface area contributed by atoms with Crippen LogP contribution in [0.1, 0.15) is 50.1 Å². The Hall–Kier alpha value is -2.57. The van der Waals surface area contributed by atoms with Crippen molar-refractivity contribution in [3.05, 3.63) is 29.8 Å². The number of rotatable bonds is 5. The summed E-state index contributed by atoms with van der Waals surface area (Å²) in [7, 11) is 1.64. The molecule has 0 bridgehead atoms. The molecule has 0 radical (unpaired) electrons. The number of amides is 4. The summed E-state index contributed by atoms with van der Waals surface area (Å²) < 4.78 is 5.34. The standard InChI is InChI=1S/C20H25N3O4/c1-27-15-8-4-7-13(9-15)16(12-5-2-3-6-12)21-17(24)14-10-20(11-14)18(25)22-19(26)23-20/h4,7-9,12,14,16H,2-3,5-6,10-11H2,1H3,(H,21,24)(H2,22,23,25,26). The van der Waals surface area contributed by atoms with Crippen molar-refractivity contribution >= 4 is 17.8 Å². The second kappa shape index (κ2) is 6.87. The molecule has 3 aliphatic rings. The van der Waals surface area contributed by atoms with Crippen molar-refractivity contribution in [3.8, 4) is 5.75 Å². The van der Waals surface area contributed by atoms with E-state index in [4.69, 9.17) is 4.74 Å². The van der Waals surface area contributed by atoms with Crippen molar-refractivity contribution in [1.82, 2.24) is 16.0 Å². The van der Waals surface area contributed by atoms with Gasteiger partial charge in [0, 0.05) is 5.92 Å². The van der Waals surface area contributed by atoms with Gasteiger partial charge < -0.3 is 15.4 Å². The Morgan fingerprint density at radius 1 is 1.26 bits per heavy atom. The molecule has 4 amide bonds. The van der Waals surface area contributed by atoms with Gasteiger partial charge in [0.15, 0.2) is 0 Å². The number of urea groups is 1. The van der Waals surface area contributed by atoms with Gasteiger partial charge in [-0.05, 0) is 49.3 Å².